The fourth-order valence-electron chi connectivity index (χ4n) is 4.35. The van der Waals surface area contributed by atoms with E-state index in [4.69, 9.17) is 23.3 Å². The first-order valence-corrected chi connectivity index (χ1v) is 13.2. The summed E-state index contributed by atoms with van der Waals surface area (Å²) < 4.78 is 19.5. The maximum atomic E-state index is 14.8. The van der Waals surface area contributed by atoms with Gasteiger partial charge in [0.15, 0.2) is 5.82 Å². The van der Waals surface area contributed by atoms with Gasteiger partial charge in [0.25, 0.3) is 0 Å². The van der Waals surface area contributed by atoms with Crippen LogP contribution in [0.5, 0.6) is 0 Å². The first-order chi connectivity index (χ1) is 20.2. The third kappa shape index (κ3) is 7.21. The summed E-state index contributed by atoms with van der Waals surface area (Å²) in [6, 6.07) is 7.21. The number of hydrogen-bond acceptors (Lipinski definition) is 8. The van der Waals surface area contributed by atoms with Crippen molar-refractivity contribution in [3.63, 3.8) is 0 Å². The van der Waals surface area contributed by atoms with E-state index in [1.807, 2.05) is 0 Å². The number of fused-ring (bicyclic) bond motifs is 4. The highest BCUT2D eigenvalue weighted by molar-refractivity contribution is 6.31. The van der Waals surface area contributed by atoms with Crippen molar-refractivity contribution >= 4 is 59.0 Å². The molecule has 1 atom stereocenters. The average Bonchev–Trinajstić information content (AvgIpc) is 3.45. The van der Waals surface area contributed by atoms with E-state index in [-0.39, 0.29) is 28.6 Å². The van der Waals surface area contributed by atoms with Crippen LogP contribution in [0.4, 0.5) is 26.2 Å². The first kappa shape index (κ1) is 30.0. The number of ether oxygens (including phenoxy) is 1. The van der Waals surface area contributed by atoms with Crippen LogP contribution in [-0.4, -0.2) is 41.3 Å². The number of rotatable bonds is 6. The fraction of sp³-hybridized carbons (Fsp3) is 0.222. The number of imidazole rings is 1. The van der Waals surface area contributed by atoms with Gasteiger partial charge in [-0.15, -0.1) is 0 Å². The lowest BCUT2D eigenvalue weighted by Crippen LogP contribution is -2.30. The highest BCUT2D eigenvalue weighted by atomic mass is 35.5. The molecular formula is C27H29ClFN9O4. The molecule has 4 rings (SSSR count). The van der Waals surface area contributed by atoms with Crippen LogP contribution in [0, 0.1) is 5.82 Å². The zero-order valence-electron chi connectivity index (χ0n) is 22.5. The molecule has 13 nitrogen and oxygen atoms in total. The van der Waals surface area contributed by atoms with Crippen molar-refractivity contribution in [3.8, 4) is 11.3 Å². The molecule has 2 heterocycles. The molecule has 2 aromatic carbocycles. The molecule has 0 saturated carbocycles. The summed E-state index contributed by atoms with van der Waals surface area (Å²) in [5, 5.41) is 12.5. The molecular weight excluding hydrogens is 569 g/mol. The Morgan fingerprint density at radius 1 is 1.29 bits per heavy atom. The molecule has 8 N–H and O–H groups in total. The second-order valence-electron chi connectivity index (χ2n) is 9.20. The van der Waals surface area contributed by atoms with Gasteiger partial charge in [-0.1, -0.05) is 18.0 Å². The minimum Gasteiger partial charge on any atom is -0.453 e. The van der Waals surface area contributed by atoms with Gasteiger partial charge in [-0.25, -0.2) is 20.0 Å². The Morgan fingerprint density at radius 3 is 2.86 bits per heavy atom. The van der Waals surface area contributed by atoms with Crippen molar-refractivity contribution in [1.82, 2.24) is 15.3 Å². The molecule has 0 unspecified atom stereocenters. The molecule has 1 aliphatic rings. The second-order valence-corrected chi connectivity index (χ2v) is 9.61. The third-order valence-corrected chi connectivity index (χ3v) is 6.66. The van der Waals surface area contributed by atoms with Gasteiger partial charge in [-0.05, 0) is 49.2 Å². The number of nitrogens with zero attached hydrogens (tertiary/aromatic N) is 3. The number of carbonyl (C=O) groups is 3. The Balaban J connectivity index is 1.60. The fourth-order valence-corrected chi connectivity index (χ4v) is 4.51. The maximum absolute atomic E-state index is 14.8. The van der Waals surface area contributed by atoms with Crippen LogP contribution in [-0.2, 0) is 14.3 Å². The molecule has 0 saturated heterocycles. The summed E-state index contributed by atoms with van der Waals surface area (Å²) in [4.78, 5) is 45.1. The Morgan fingerprint density at radius 2 is 2.10 bits per heavy atom. The molecule has 0 fully saturated rings. The zero-order chi connectivity index (χ0) is 30.2. The number of amides is 3. The van der Waals surface area contributed by atoms with Gasteiger partial charge >= 0.3 is 6.09 Å². The summed E-state index contributed by atoms with van der Waals surface area (Å²) in [5.41, 5.74) is 2.12. The van der Waals surface area contributed by atoms with Crippen molar-refractivity contribution in [2.75, 3.05) is 22.8 Å². The number of anilines is 3. The van der Waals surface area contributed by atoms with Gasteiger partial charge in [0.05, 0.1) is 35.2 Å². The Labute approximate surface area is 245 Å². The maximum Gasteiger partial charge on any atom is 0.411 e. The molecule has 1 aliphatic heterocycles. The van der Waals surface area contributed by atoms with E-state index in [0.29, 0.717) is 47.7 Å². The second kappa shape index (κ2) is 13.6. The molecule has 3 amide bonds. The number of aromatic amines is 1. The van der Waals surface area contributed by atoms with Gasteiger partial charge in [-0.3, -0.25) is 19.9 Å². The van der Waals surface area contributed by atoms with Crippen molar-refractivity contribution in [3.05, 3.63) is 64.8 Å². The summed E-state index contributed by atoms with van der Waals surface area (Å²) in [6.45, 7) is 0. The van der Waals surface area contributed by atoms with Crippen molar-refractivity contribution in [1.29, 1.82) is 0 Å². The number of methoxy groups -OCH3 is 1. The molecule has 15 heteroatoms. The highest BCUT2D eigenvalue weighted by Gasteiger charge is 2.21. The Bertz CT molecular complexity index is 1540. The van der Waals surface area contributed by atoms with Gasteiger partial charge < -0.3 is 26.2 Å². The number of nitrogens with one attached hydrogen (secondary N) is 4. The third-order valence-electron chi connectivity index (χ3n) is 6.37. The lowest BCUT2D eigenvalue weighted by molar-refractivity contribution is -0.118. The predicted molar refractivity (Wildman–Crippen MR) is 158 cm³/mol. The van der Waals surface area contributed by atoms with Crippen LogP contribution in [0.1, 0.15) is 43.1 Å². The average molecular weight is 598 g/mol. The van der Waals surface area contributed by atoms with E-state index in [9.17, 15) is 18.8 Å². The van der Waals surface area contributed by atoms with Crippen LogP contribution in [0.15, 0.2) is 47.7 Å². The van der Waals surface area contributed by atoms with Crippen LogP contribution in [0.3, 0.4) is 0 Å². The lowest BCUT2D eigenvalue weighted by Gasteiger charge is -2.18. The first-order valence-electron chi connectivity index (χ1n) is 12.8. The summed E-state index contributed by atoms with van der Waals surface area (Å²) in [7, 11) is 1.25. The van der Waals surface area contributed by atoms with Crippen LogP contribution < -0.4 is 32.6 Å². The number of hydrogen-bond donors (Lipinski definition) is 6. The highest BCUT2D eigenvalue weighted by Crippen LogP contribution is 2.32. The normalized spacial score (nSPS) is 15.3. The molecule has 2 bridgehead atoms. The number of benzene rings is 2. The van der Waals surface area contributed by atoms with Gasteiger partial charge in [-0.2, -0.15) is 5.10 Å². The van der Waals surface area contributed by atoms with Crippen molar-refractivity contribution < 1.29 is 23.5 Å². The molecule has 1 aromatic heterocycles. The molecule has 42 heavy (non-hydrogen) atoms. The molecule has 3 aromatic rings. The Kier molecular flexibility index (Phi) is 9.73. The predicted octanol–water partition coefficient (Wildman–Crippen LogP) is 4.01. The number of aromatic nitrogens is 2. The quantitative estimate of drug-likeness (QED) is 0.0806. The van der Waals surface area contributed by atoms with E-state index in [0.717, 1.165) is 17.4 Å². The summed E-state index contributed by atoms with van der Waals surface area (Å²) in [5.74, 6) is 9.99. The molecule has 0 radical (unpaired) electrons. The zero-order valence-corrected chi connectivity index (χ0v) is 23.2. The minimum atomic E-state index is -0.775. The largest absolute Gasteiger partial charge is 0.453 e. The number of halogens is 2. The van der Waals surface area contributed by atoms with E-state index in [1.165, 1.54) is 25.3 Å². The van der Waals surface area contributed by atoms with Crippen LogP contribution >= 0.6 is 11.6 Å². The van der Waals surface area contributed by atoms with Gasteiger partial charge in [0.1, 0.15) is 12.2 Å². The molecule has 0 spiro atoms. The summed E-state index contributed by atoms with van der Waals surface area (Å²) >= 11 is 5.94. The van der Waals surface area contributed by atoms with E-state index in [2.05, 4.69) is 35.8 Å². The van der Waals surface area contributed by atoms with Crippen LogP contribution in [0.2, 0.25) is 5.02 Å². The number of carbonyl (C=O) groups excluding carboxylic acids is 3. The topological polar surface area (TPSA) is 193 Å². The number of nitrogens with two attached hydrogens (primary N) is 2. The number of hydrazone groups is 1. The van der Waals surface area contributed by atoms with Gasteiger partial charge in [0.2, 0.25) is 11.8 Å². The van der Waals surface area contributed by atoms with Gasteiger partial charge in [0, 0.05) is 35.5 Å². The van der Waals surface area contributed by atoms with Crippen molar-refractivity contribution in [2.45, 2.75) is 31.7 Å². The Hall–Kier alpha value is -4.95. The van der Waals surface area contributed by atoms with E-state index >= 15 is 0 Å². The monoisotopic (exact) mass is 597 g/mol. The number of hydrazine groups is 1. The molecule has 0 aliphatic carbocycles. The van der Waals surface area contributed by atoms with Crippen molar-refractivity contribution in [2.24, 2.45) is 16.8 Å². The minimum absolute atomic E-state index is 0.0392. The lowest BCUT2D eigenvalue weighted by atomic mass is 10.1. The standard InChI is InChI=1S/C27H29ClFN9O4/c1-42-27(41)34-15-6-7-16-20(12-15)36-23(39)5-3-2-4-19(26-32-13-21(16)37-26)35-24(40)11-8-17-22(38(31)14-33-30)10-9-18(28)25(17)29/h6-14,19H,2-5,30-31H2,1H3,(H,32,37)(H,34,41)(H,35,40)(H,36,39)/b11-8+,33-14-/t19-/m0/s1. The van der Waals surface area contributed by atoms with E-state index < -0.39 is 23.9 Å². The van der Waals surface area contributed by atoms with E-state index in [1.54, 1.807) is 24.4 Å². The molecule has 220 valence electrons. The SMILES string of the molecule is COC(=O)Nc1ccc2c(c1)NC(=O)CCCC[C@H](NC(=O)/C=C/c1c(N(N)/C=N\N)ccc(Cl)c1F)c1nc-2c[nH]1. The number of H-pyrrole nitrogens is 1. The summed E-state index contributed by atoms with van der Waals surface area (Å²) in [6.07, 6.45) is 6.36. The van der Waals surface area contributed by atoms with Crippen LogP contribution in [0.25, 0.3) is 17.3 Å². The smallest absolute Gasteiger partial charge is 0.411 e.